The zero-order valence-electron chi connectivity index (χ0n) is 10.0. The average Bonchev–Trinajstić information content (AvgIpc) is 2.37. The molecule has 0 radical (unpaired) electrons. The molecule has 1 aromatic rings. The lowest BCUT2D eigenvalue weighted by Crippen LogP contribution is -2.36. The van der Waals surface area contributed by atoms with E-state index >= 15 is 0 Å². The first-order valence-electron chi connectivity index (χ1n) is 6.11. The lowest BCUT2D eigenvalue weighted by Gasteiger charge is -2.22. The topological polar surface area (TPSA) is 41.1 Å². The Bertz CT molecular complexity index is 431. The second-order valence-corrected chi connectivity index (χ2v) is 4.53. The van der Waals surface area contributed by atoms with Gasteiger partial charge in [0.1, 0.15) is 11.6 Å². The molecule has 5 heteroatoms. The second kappa shape index (κ2) is 5.91. The van der Waals surface area contributed by atoms with Gasteiger partial charge in [-0.2, -0.15) is 0 Å². The molecule has 0 bridgehead atoms. The second-order valence-electron chi connectivity index (χ2n) is 4.53. The SMILES string of the molecule is O=C(NCC1CCNCC1)c1ccc(F)cc1F. The van der Waals surface area contributed by atoms with E-state index in [1.54, 1.807) is 0 Å². The Kier molecular flexibility index (Phi) is 4.25. The zero-order chi connectivity index (χ0) is 13.0. The van der Waals surface area contributed by atoms with E-state index in [0.29, 0.717) is 12.5 Å². The van der Waals surface area contributed by atoms with Gasteiger partial charge < -0.3 is 10.6 Å². The summed E-state index contributed by atoms with van der Waals surface area (Å²) in [7, 11) is 0. The summed E-state index contributed by atoms with van der Waals surface area (Å²) < 4.78 is 26.1. The number of hydrogen-bond donors (Lipinski definition) is 2. The molecule has 0 spiro atoms. The number of halogens is 2. The van der Waals surface area contributed by atoms with E-state index in [0.717, 1.165) is 38.1 Å². The van der Waals surface area contributed by atoms with Gasteiger partial charge in [-0.3, -0.25) is 4.79 Å². The van der Waals surface area contributed by atoms with Crippen molar-refractivity contribution in [1.82, 2.24) is 10.6 Å². The Morgan fingerprint density at radius 1 is 1.33 bits per heavy atom. The quantitative estimate of drug-likeness (QED) is 0.862. The van der Waals surface area contributed by atoms with Gasteiger partial charge in [-0.25, -0.2) is 8.78 Å². The minimum absolute atomic E-state index is 0.106. The fourth-order valence-electron chi connectivity index (χ4n) is 2.09. The zero-order valence-corrected chi connectivity index (χ0v) is 10.0. The van der Waals surface area contributed by atoms with Crippen LogP contribution in [0.15, 0.2) is 18.2 Å². The van der Waals surface area contributed by atoms with Crippen LogP contribution in [-0.2, 0) is 0 Å². The molecule has 1 heterocycles. The lowest BCUT2D eigenvalue weighted by molar-refractivity contribution is 0.0940. The number of rotatable bonds is 3. The number of piperidine rings is 1. The Hall–Kier alpha value is -1.49. The van der Waals surface area contributed by atoms with Gasteiger partial charge >= 0.3 is 0 Å². The van der Waals surface area contributed by atoms with Crippen LogP contribution in [0, 0.1) is 17.6 Å². The molecular formula is C13H16F2N2O. The maximum absolute atomic E-state index is 13.4. The Morgan fingerprint density at radius 3 is 2.72 bits per heavy atom. The number of carbonyl (C=O) groups excluding carboxylic acids is 1. The van der Waals surface area contributed by atoms with E-state index in [4.69, 9.17) is 0 Å². The lowest BCUT2D eigenvalue weighted by atomic mass is 9.98. The molecule has 1 fully saturated rings. The molecule has 18 heavy (non-hydrogen) atoms. The van der Waals surface area contributed by atoms with E-state index < -0.39 is 17.5 Å². The van der Waals surface area contributed by atoms with Gasteiger partial charge in [0.15, 0.2) is 0 Å². The first-order valence-corrected chi connectivity index (χ1v) is 6.11. The van der Waals surface area contributed by atoms with Crippen LogP contribution in [0.25, 0.3) is 0 Å². The minimum atomic E-state index is -0.821. The smallest absolute Gasteiger partial charge is 0.254 e. The van der Waals surface area contributed by atoms with Crippen LogP contribution in [0.4, 0.5) is 8.78 Å². The summed E-state index contributed by atoms with van der Waals surface area (Å²) in [6, 6.07) is 2.98. The van der Waals surface area contributed by atoms with Crippen LogP contribution < -0.4 is 10.6 Å². The Balaban J connectivity index is 1.90. The molecule has 0 saturated carbocycles. The summed E-state index contributed by atoms with van der Waals surface area (Å²) in [6.45, 7) is 2.44. The first kappa shape index (κ1) is 13.0. The van der Waals surface area contributed by atoms with Crippen molar-refractivity contribution in [2.75, 3.05) is 19.6 Å². The van der Waals surface area contributed by atoms with Crippen molar-refractivity contribution in [2.24, 2.45) is 5.92 Å². The summed E-state index contributed by atoms with van der Waals surface area (Å²) in [4.78, 5) is 11.7. The van der Waals surface area contributed by atoms with Gasteiger partial charge in [-0.15, -0.1) is 0 Å². The van der Waals surface area contributed by atoms with Crippen molar-refractivity contribution in [3.63, 3.8) is 0 Å². The summed E-state index contributed by atoms with van der Waals surface area (Å²) >= 11 is 0. The molecule has 2 rings (SSSR count). The van der Waals surface area contributed by atoms with E-state index in [9.17, 15) is 13.6 Å². The van der Waals surface area contributed by atoms with Crippen molar-refractivity contribution in [1.29, 1.82) is 0 Å². The molecule has 1 aliphatic rings. The highest BCUT2D eigenvalue weighted by Gasteiger charge is 2.16. The normalized spacial score (nSPS) is 16.6. The molecule has 1 aliphatic heterocycles. The number of hydrogen-bond acceptors (Lipinski definition) is 2. The van der Waals surface area contributed by atoms with Crippen molar-refractivity contribution in [3.8, 4) is 0 Å². The molecule has 1 amide bonds. The fourth-order valence-corrected chi connectivity index (χ4v) is 2.09. The van der Waals surface area contributed by atoms with Gasteiger partial charge in [-0.1, -0.05) is 0 Å². The minimum Gasteiger partial charge on any atom is -0.352 e. The predicted octanol–water partition coefficient (Wildman–Crippen LogP) is 1.69. The maximum Gasteiger partial charge on any atom is 0.254 e. The van der Waals surface area contributed by atoms with Crippen molar-refractivity contribution < 1.29 is 13.6 Å². The molecular weight excluding hydrogens is 238 g/mol. The van der Waals surface area contributed by atoms with E-state index in [1.807, 2.05) is 0 Å². The van der Waals surface area contributed by atoms with Gasteiger partial charge in [0.05, 0.1) is 5.56 Å². The molecule has 0 aromatic heterocycles. The van der Waals surface area contributed by atoms with Crippen LogP contribution in [0.3, 0.4) is 0 Å². The third kappa shape index (κ3) is 3.26. The molecule has 1 aromatic carbocycles. The summed E-state index contributed by atoms with van der Waals surface area (Å²) in [5, 5.41) is 5.93. The predicted molar refractivity (Wildman–Crippen MR) is 64.3 cm³/mol. The molecule has 3 nitrogen and oxygen atoms in total. The van der Waals surface area contributed by atoms with Crippen molar-refractivity contribution >= 4 is 5.91 Å². The molecule has 2 N–H and O–H groups in total. The largest absolute Gasteiger partial charge is 0.352 e. The summed E-state index contributed by atoms with van der Waals surface area (Å²) in [5.74, 6) is -1.55. The van der Waals surface area contributed by atoms with E-state index in [1.165, 1.54) is 6.07 Å². The van der Waals surface area contributed by atoms with Crippen molar-refractivity contribution in [3.05, 3.63) is 35.4 Å². The molecule has 1 saturated heterocycles. The average molecular weight is 254 g/mol. The highest BCUT2D eigenvalue weighted by molar-refractivity contribution is 5.94. The van der Waals surface area contributed by atoms with Gasteiger partial charge in [-0.05, 0) is 44.0 Å². The third-order valence-electron chi connectivity index (χ3n) is 3.19. The number of amides is 1. The molecule has 0 atom stereocenters. The van der Waals surface area contributed by atoms with E-state index in [-0.39, 0.29) is 5.56 Å². The number of benzene rings is 1. The maximum atomic E-state index is 13.4. The van der Waals surface area contributed by atoms with Crippen LogP contribution in [0.2, 0.25) is 0 Å². The number of nitrogens with one attached hydrogen (secondary N) is 2. The van der Waals surface area contributed by atoms with Gasteiger partial charge in [0.2, 0.25) is 0 Å². The van der Waals surface area contributed by atoms with Crippen LogP contribution in [0.5, 0.6) is 0 Å². The monoisotopic (exact) mass is 254 g/mol. The molecule has 98 valence electrons. The summed E-state index contributed by atoms with van der Waals surface area (Å²) in [5.41, 5.74) is -0.106. The standard InChI is InChI=1S/C13H16F2N2O/c14-10-1-2-11(12(15)7-10)13(18)17-8-9-3-5-16-6-4-9/h1-2,7,9,16H,3-6,8H2,(H,17,18). The van der Waals surface area contributed by atoms with Gasteiger partial charge in [0.25, 0.3) is 5.91 Å². The van der Waals surface area contributed by atoms with Gasteiger partial charge in [0, 0.05) is 12.6 Å². The molecule has 0 unspecified atom stereocenters. The third-order valence-corrected chi connectivity index (χ3v) is 3.19. The first-order chi connectivity index (χ1) is 8.66. The van der Waals surface area contributed by atoms with Crippen LogP contribution >= 0.6 is 0 Å². The fraction of sp³-hybridized carbons (Fsp3) is 0.462. The highest BCUT2D eigenvalue weighted by Crippen LogP contribution is 2.12. The van der Waals surface area contributed by atoms with Crippen LogP contribution in [0.1, 0.15) is 23.2 Å². The highest BCUT2D eigenvalue weighted by atomic mass is 19.1. The summed E-state index contributed by atoms with van der Waals surface area (Å²) in [6.07, 6.45) is 2.01. The molecule has 0 aliphatic carbocycles. The number of carbonyl (C=O) groups is 1. The Morgan fingerprint density at radius 2 is 2.06 bits per heavy atom. The van der Waals surface area contributed by atoms with Crippen molar-refractivity contribution in [2.45, 2.75) is 12.8 Å². The Labute approximate surface area is 105 Å². The van der Waals surface area contributed by atoms with Crippen LogP contribution in [-0.4, -0.2) is 25.5 Å². The van der Waals surface area contributed by atoms with E-state index in [2.05, 4.69) is 10.6 Å².